The van der Waals surface area contributed by atoms with Crippen LogP contribution in [0.2, 0.25) is 0 Å². The lowest BCUT2D eigenvalue weighted by molar-refractivity contribution is -0.121. The molecule has 3 aromatic rings. The summed E-state index contributed by atoms with van der Waals surface area (Å²) in [7, 11) is -3.52. The van der Waals surface area contributed by atoms with Crippen LogP contribution < -0.4 is 10.7 Å². The molecule has 2 heterocycles. The molecule has 0 bridgehead atoms. The van der Waals surface area contributed by atoms with E-state index in [2.05, 4.69) is 34.0 Å². The van der Waals surface area contributed by atoms with Gasteiger partial charge < -0.3 is 10.1 Å². The Hall–Kier alpha value is -3.18. The third kappa shape index (κ3) is 5.88. The van der Waals surface area contributed by atoms with Crippen molar-refractivity contribution in [3.8, 4) is 0 Å². The van der Waals surface area contributed by atoms with E-state index in [1.54, 1.807) is 36.0 Å². The van der Waals surface area contributed by atoms with Gasteiger partial charge in [-0.2, -0.15) is 9.41 Å². The van der Waals surface area contributed by atoms with Gasteiger partial charge in [-0.3, -0.25) is 4.79 Å². The van der Waals surface area contributed by atoms with E-state index in [1.165, 1.54) is 9.20 Å². The highest BCUT2D eigenvalue weighted by atomic mass is 32.2. The van der Waals surface area contributed by atoms with Crippen LogP contribution in [0.5, 0.6) is 0 Å². The van der Waals surface area contributed by atoms with Gasteiger partial charge in [0.15, 0.2) is 0 Å². The van der Waals surface area contributed by atoms with Crippen molar-refractivity contribution in [3.63, 3.8) is 0 Å². The number of nitrogens with zero attached hydrogens (tertiary/aromatic N) is 2. The van der Waals surface area contributed by atoms with Crippen molar-refractivity contribution < 1.29 is 17.9 Å². The van der Waals surface area contributed by atoms with E-state index >= 15 is 0 Å². The maximum atomic E-state index is 12.8. The van der Waals surface area contributed by atoms with Crippen molar-refractivity contribution in [2.75, 3.05) is 31.6 Å². The molecule has 2 N–H and O–H groups in total. The molecule has 0 aromatic heterocycles. The quantitative estimate of drug-likeness (QED) is 0.269. The Kier molecular flexibility index (Phi) is 7.61. The van der Waals surface area contributed by atoms with Gasteiger partial charge in [-0.15, -0.1) is 0 Å². The fourth-order valence-electron chi connectivity index (χ4n) is 4.15. The van der Waals surface area contributed by atoms with E-state index in [4.69, 9.17) is 4.74 Å². The summed E-state index contributed by atoms with van der Waals surface area (Å²) in [5.74, 6) is -0.204. The molecule has 2 aliphatic heterocycles. The standard InChI is InChI=1S/C27H28N4O4S2/c1-19(21-9-12-26-24(18-21)28-23-4-2-3-5-25(23)36-26)29-30-27(32)13-8-20-6-10-22(11-7-20)37(33,34)31-14-16-35-17-15-31/h2-7,9-12,18,28H,8,13-17H2,1H3,(H,30,32). The Labute approximate surface area is 221 Å². The van der Waals surface area contributed by atoms with Crippen molar-refractivity contribution in [3.05, 3.63) is 77.9 Å². The van der Waals surface area contributed by atoms with Gasteiger partial charge in [0, 0.05) is 29.3 Å². The first-order chi connectivity index (χ1) is 17.9. The Morgan fingerprint density at radius 3 is 2.54 bits per heavy atom. The van der Waals surface area contributed by atoms with Gasteiger partial charge in [0.05, 0.1) is 35.2 Å². The van der Waals surface area contributed by atoms with Crippen LogP contribution in [-0.4, -0.2) is 50.6 Å². The average molecular weight is 537 g/mol. The first kappa shape index (κ1) is 25.5. The summed E-state index contributed by atoms with van der Waals surface area (Å²) < 4.78 is 32.2. The van der Waals surface area contributed by atoms with Crippen LogP contribution >= 0.6 is 11.8 Å². The predicted octanol–water partition coefficient (Wildman–Crippen LogP) is 4.39. The van der Waals surface area contributed by atoms with Gasteiger partial charge in [-0.1, -0.05) is 42.1 Å². The molecule has 10 heteroatoms. The molecule has 1 fully saturated rings. The number of hydrogen-bond donors (Lipinski definition) is 2. The van der Waals surface area contributed by atoms with E-state index in [0.29, 0.717) is 38.4 Å². The van der Waals surface area contributed by atoms with Crippen LogP contribution in [0.3, 0.4) is 0 Å². The van der Waals surface area contributed by atoms with E-state index in [-0.39, 0.29) is 17.2 Å². The highest BCUT2D eigenvalue weighted by Gasteiger charge is 2.26. The summed E-state index contributed by atoms with van der Waals surface area (Å²) in [5, 5.41) is 7.75. The van der Waals surface area contributed by atoms with Gasteiger partial charge in [-0.05, 0) is 60.9 Å². The molecule has 0 saturated carbocycles. The van der Waals surface area contributed by atoms with Crippen LogP contribution in [-0.2, 0) is 26.0 Å². The predicted molar refractivity (Wildman–Crippen MR) is 145 cm³/mol. The Morgan fingerprint density at radius 2 is 1.76 bits per heavy atom. The summed E-state index contributed by atoms with van der Waals surface area (Å²) in [4.78, 5) is 15.0. The molecule has 37 heavy (non-hydrogen) atoms. The smallest absolute Gasteiger partial charge is 0.243 e. The highest BCUT2D eigenvalue weighted by molar-refractivity contribution is 7.99. The number of hydrazone groups is 1. The third-order valence-corrected chi connectivity index (χ3v) is 9.36. The molecule has 8 nitrogen and oxygen atoms in total. The number of carbonyl (C=O) groups is 1. The minimum absolute atomic E-state index is 0.204. The van der Waals surface area contributed by atoms with Gasteiger partial charge >= 0.3 is 0 Å². The maximum absolute atomic E-state index is 12.8. The molecule has 2 aliphatic rings. The lowest BCUT2D eigenvalue weighted by Gasteiger charge is -2.26. The first-order valence-corrected chi connectivity index (χ1v) is 14.3. The highest BCUT2D eigenvalue weighted by Crippen LogP contribution is 2.44. The van der Waals surface area contributed by atoms with Crippen LogP contribution in [0.1, 0.15) is 24.5 Å². The second kappa shape index (κ2) is 11.1. The summed E-state index contributed by atoms with van der Waals surface area (Å²) in [6, 6.07) is 21.0. The molecule has 1 saturated heterocycles. The topological polar surface area (TPSA) is 100 Å². The minimum Gasteiger partial charge on any atom is -0.379 e. The van der Waals surface area contributed by atoms with E-state index < -0.39 is 10.0 Å². The number of sulfonamides is 1. The van der Waals surface area contributed by atoms with Gasteiger partial charge in [0.2, 0.25) is 15.9 Å². The summed E-state index contributed by atoms with van der Waals surface area (Å²) in [6.07, 6.45) is 0.725. The number of para-hydroxylation sites is 1. The Bertz CT molecular complexity index is 1430. The zero-order chi connectivity index (χ0) is 25.8. The molecule has 5 rings (SSSR count). The van der Waals surface area contributed by atoms with Crippen LogP contribution in [0.25, 0.3) is 0 Å². The van der Waals surface area contributed by atoms with Crippen molar-refractivity contribution in [2.24, 2.45) is 5.10 Å². The molecule has 0 spiro atoms. The second-order valence-electron chi connectivity index (χ2n) is 8.83. The van der Waals surface area contributed by atoms with Gasteiger partial charge in [0.25, 0.3) is 0 Å². The third-order valence-electron chi connectivity index (χ3n) is 6.29. The number of morpholine rings is 1. The number of anilines is 2. The number of amides is 1. The lowest BCUT2D eigenvalue weighted by Crippen LogP contribution is -2.40. The summed E-state index contributed by atoms with van der Waals surface area (Å²) in [6.45, 7) is 3.40. The Balaban J connectivity index is 1.15. The zero-order valence-corrected chi connectivity index (χ0v) is 22.1. The summed E-state index contributed by atoms with van der Waals surface area (Å²) >= 11 is 1.72. The van der Waals surface area contributed by atoms with E-state index in [9.17, 15) is 13.2 Å². The first-order valence-electron chi connectivity index (χ1n) is 12.1. The van der Waals surface area contributed by atoms with Crippen molar-refractivity contribution in [1.29, 1.82) is 0 Å². The maximum Gasteiger partial charge on any atom is 0.243 e. The molecule has 0 atom stereocenters. The van der Waals surface area contributed by atoms with Gasteiger partial charge in [0.1, 0.15) is 0 Å². The molecule has 0 aliphatic carbocycles. The fourth-order valence-corrected chi connectivity index (χ4v) is 6.53. The number of fused-ring (bicyclic) bond motifs is 2. The van der Waals surface area contributed by atoms with Crippen molar-refractivity contribution in [2.45, 2.75) is 34.5 Å². The number of hydrogen-bond acceptors (Lipinski definition) is 7. The largest absolute Gasteiger partial charge is 0.379 e. The number of carbonyl (C=O) groups excluding carboxylic acids is 1. The Morgan fingerprint density at radius 1 is 1.03 bits per heavy atom. The number of benzene rings is 3. The minimum atomic E-state index is -3.52. The number of rotatable bonds is 7. The van der Waals surface area contributed by atoms with E-state index in [1.807, 2.05) is 31.2 Å². The molecule has 192 valence electrons. The average Bonchev–Trinajstić information content (AvgIpc) is 2.94. The number of nitrogens with one attached hydrogen (secondary N) is 2. The van der Waals surface area contributed by atoms with Crippen molar-refractivity contribution in [1.82, 2.24) is 9.73 Å². The zero-order valence-electron chi connectivity index (χ0n) is 20.4. The SMILES string of the molecule is CC(=NNC(=O)CCc1ccc(S(=O)(=O)N2CCOCC2)cc1)c1ccc2c(c1)Nc1ccccc1S2. The molecule has 1 amide bonds. The monoisotopic (exact) mass is 536 g/mol. The summed E-state index contributed by atoms with van der Waals surface area (Å²) in [5.41, 5.74) is 7.24. The van der Waals surface area contributed by atoms with Crippen LogP contribution in [0.4, 0.5) is 11.4 Å². The van der Waals surface area contributed by atoms with E-state index in [0.717, 1.165) is 27.4 Å². The van der Waals surface area contributed by atoms with Crippen LogP contribution in [0, 0.1) is 0 Å². The van der Waals surface area contributed by atoms with Crippen LogP contribution in [0.15, 0.2) is 86.5 Å². The fraction of sp³-hybridized carbons (Fsp3) is 0.259. The number of aryl methyl sites for hydroxylation is 1. The lowest BCUT2D eigenvalue weighted by atomic mass is 10.1. The molecular weight excluding hydrogens is 508 g/mol. The van der Waals surface area contributed by atoms with Gasteiger partial charge in [-0.25, -0.2) is 13.8 Å². The molecule has 0 unspecified atom stereocenters. The normalized spacial score (nSPS) is 15.9. The van der Waals surface area contributed by atoms with Crippen molar-refractivity contribution >= 4 is 44.8 Å². The number of ether oxygens (including phenoxy) is 1. The molecular formula is C27H28N4O4S2. The second-order valence-corrected chi connectivity index (χ2v) is 11.8. The molecule has 3 aromatic carbocycles. The molecule has 0 radical (unpaired) electrons.